The number of hydrogen-bond donors (Lipinski definition) is 0. The van der Waals surface area contributed by atoms with Crippen LogP contribution in [0.3, 0.4) is 0 Å². The van der Waals surface area contributed by atoms with Crippen LogP contribution in [0.2, 0.25) is 0 Å². The van der Waals surface area contributed by atoms with Crippen molar-refractivity contribution < 1.29 is 9.53 Å². The highest BCUT2D eigenvalue weighted by Crippen LogP contribution is 2.10. The molecule has 0 radical (unpaired) electrons. The predicted molar refractivity (Wildman–Crippen MR) is 58.4 cm³/mol. The van der Waals surface area contributed by atoms with Gasteiger partial charge in [-0.2, -0.15) is 0 Å². The molecule has 0 rings (SSSR count). The summed E-state index contributed by atoms with van der Waals surface area (Å²) in [6.07, 6.45) is 1.93. The number of carbonyl (C=O) groups excluding carboxylic acids is 1. The summed E-state index contributed by atoms with van der Waals surface area (Å²) in [7, 11) is 0. The normalized spacial score (nSPS) is 11.2. The molecule has 14 heavy (non-hydrogen) atoms. The maximum absolute atomic E-state index is 11.6. The van der Waals surface area contributed by atoms with Gasteiger partial charge in [-0.05, 0) is 34.1 Å². The zero-order valence-corrected chi connectivity index (χ0v) is 10.1. The second kappa shape index (κ2) is 5.89. The molecule has 0 aromatic rings. The highest BCUT2D eigenvalue weighted by molar-refractivity contribution is 5.68. The molecule has 0 aromatic carbocycles. The topological polar surface area (TPSA) is 29.5 Å². The first-order valence-electron chi connectivity index (χ1n) is 5.38. The molecule has 1 amide bonds. The van der Waals surface area contributed by atoms with Crippen molar-refractivity contribution in [2.45, 2.75) is 53.1 Å². The number of carbonyl (C=O) groups is 1. The van der Waals surface area contributed by atoms with E-state index in [1.165, 1.54) is 0 Å². The molecule has 0 bridgehead atoms. The van der Waals surface area contributed by atoms with Crippen LogP contribution in [0, 0.1) is 0 Å². The summed E-state index contributed by atoms with van der Waals surface area (Å²) in [5.41, 5.74) is -0.392. The lowest BCUT2D eigenvalue weighted by Gasteiger charge is -2.26. The Morgan fingerprint density at radius 3 is 2.21 bits per heavy atom. The Balaban J connectivity index is 4.04. The third kappa shape index (κ3) is 5.84. The van der Waals surface area contributed by atoms with Crippen molar-refractivity contribution in [1.29, 1.82) is 0 Å². The fourth-order valence-electron chi connectivity index (χ4n) is 1.05. The first-order valence-corrected chi connectivity index (χ1v) is 5.38. The molecule has 0 fully saturated rings. The number of nitrogens with zero attached hydrogens (tertiary/aromatic N) is 1. The van der Waals surface area contributed by atoms with Crippen LogP contribution in [-0.4, -0.2) is 29.7 Å². The van der Waals surface area contributed by atoms with Crippen molar-refractivity contribution in [2.75, 3.05) is 13.1 Å². The minimum Gasteiger partial charge on any atom is -0.444 e. The molecule has 0 saturated heterocycles. The minimum atomic E-state index is -0.392. The van der Waals surface area contributed by atoms with Crippen LogP contribution in [0.4, 0.5) is 4.79 Å². The molecule has 0 atom stereocenters. The van der Waals surface area contributed by atoms with Crippen LogP contribution in [0.15, 0.2) is 0 Å². The molecule has 0 aliphatic carbocycles. The van der Waals surface area contributed by atoms with E-state index in [4.69, 9.17) is 4.74 Å². The molecule has 3 heteroatoms. The second-order valence-corrected chi connectivity index (χ2v) is 4.41. The van der Waals surface area contributed by atoms with Crippen molar-refractivity contribution >= 4 is 6.09 Å². The van der Waals surface area contributed by atoms with E-state index in [0.29, 0.717) is 0 Å². The third-order valence-corrected chi connectivity index (χ3v) is 1.82. The van der Waals surface area contributed by atoms with Crippen LogP contribution < -0.4 is 0 Å². The number of rotatable bonds is 4. The van der Waals surface area contributed by atoms with Gasteiger partial charge in [0.2, 0.25) is 0 Å². The largest absolute Gasteiger partial charge is 0.444 e. The summed E-state index contributed by atoms with van der Waals surface area (Å²) in [5.74, 6) is 0. The van der Waals surface area contributed by atoms with Crippen molar-refractivity contribution in [1.82, 2.24) is 4.90 Å². The van der Waals surface area contributed by atoms with Gasteiger partial charge >= 0.3 is 6.09 Å². The van der Waals surface area contributed by atoms with Crippen molar-refractivity contribution in [2.24, 2.45) is 0 Å². The SMILES string of the molecule is CCCCN(CC)C(=O)OC(C)(C)C. The van der Waals surface area contributed by atoms with Crippen molar-refractivity contribution in [3.05, 3.63) is 0 Å². The van der Waals surface area contributed by atoms with Gasteiger partial charge in [-0.1, -0.05) is 13.3 Å². The summed E-state index contributed by atoms with van der Waals surface area (Å²) >= 11 is 0. The van der Waals surface area contributed by atoms with Crippen LogP contribution >= 0.6 is 0 Å². The summed E-state index contributed by atoms with van der Waals surface area (Å²) in [4.78, 5) is 13.3. The van der Waals surface area contributed by atoms with Crippen molar-refractivity contribution in [3.63, 3.8) is 0 Å². The van der Waals surface area contributed by atoms with Gasteiger partial charge in [-0.25, -0.2) is 4.79 Å². The molecular formula is C11H23NO2. The Morgan fingerprint density at radius 1 is 1.29 bits per heavy atom. The Morgan fingerprint density at radius 2 is 1.86 bits per heavy atom. The third-order valence-electron chi connectivity index (χ3n) is 1.82. The zero-order valence-electron chi connectivity index (χ0n) is 10.1. The Bertz CT molecular complexity index is 173. The summed E-state index contributed by atoms with van der Waals surface area (Å²) in [5, 5.41) is 0. The van der Waals surface area contributed by atoms with Crippen molar-refractivity contribution in [3.8, 4) is 0 Å². The highest BCUT2D eigenvalue weighted by atomic mass is 16.6. The summed E-state index contributed by atoms with van der Waals surface area (Å²) in [6.45, 7) is 11.3. The van der Waals surface area contributed by atoms with Crippen LogP contribution in [-0.2, 0) is 4.74 Å². The number of amides is 1. The lowest BCUT2D eigenvalue weighted by Crippen LogP contribution is -2.37. The average molecular weight is 201 g/mol. The van der Waals surface area contributed by atoms with E-state index >= 15 is 0 Å². The van der Waals surface area contributed by atoms with Gasteiger partial charge in [-0.3, -0.25) is 0 Å². The highest BCUT2D eigenvalue weighted by Gasteiger charge is 2.20. The first-order chi connectivity index (χ1) is 6.40. The fourth-order valence-corrected chi connectivity index (χ4v) is 1.05. The van der Waals surface area contributed by atoms with E-state index in [2.05, 4.69) is 6.92 Å². The predicted octanol–water partition coefficient (Wildman–Crippen LogP) is 3.04. The van der Waals surface area contributed by atoms with E-state index in [0.717, 1.165) is 25.9 Å². The number of hydrogen-bond acceptors (Lipinski definition) is 2. The van der Waals surface area contributed by atoms with Gasteiger partial charge in [0.25, 0.3) is 0 Å². The second-order valence-electron chi connectivity index (χ2n) is 4.41. The van der Waals surface area contributed by atoms with E-state index in [-0.39, 0.29) is 6.09 Å². The van der Waals surface area contributed by atoms with Gasteiger partial charge in [0, 0.05) is 13.1 Å². The van der Waals surface area contributed by atoms with Gasteiger partial charge in [0.05, 0.1) is 0 Å². The molecular weight excluding hydrogens is 178 g/mol. The molecule has 0 N–H and O–H groups in total. The van der Waals surface area contributed by atoms with E-state index in [1.807, 2.05) is 27.7 Å². The molecule has 0 unspecified atom stereocenters. The first kappa shape index (κ1) is 13.3. The smallest absolute Gasteiger partial charge is 0.410 e. The van der Waals surface area contributed by atoms with E-state index < -0.39 is 5.60 Å². The monoisotopic (exact) mass is 201 g/mol. The Labute approximate surface area is 87.4 Å². The number of unbranched alkanes of at least 4 members (excludes halogenated alkanes) is 1. The van der Waals surface area contributed by atoms with Gasteiger partial charge in [0.1, 0.15) is 5.60 Å². The molecule has 0 aliphatic rings. The van der Waals surface area contributed by atoms with Crippen LogP contribution in [0.25, 0.3) is 0 Å². The van der Waals surface area contributed by atoms with Gasteiger partial charge in [-0.15, -0.1) is 0 Å². The lowest BCUT2D eigenvalue weighted by atomic mass is 10.2. The number of ether oxygens (including phenoxy) is 1. The zero-order chi connectivity index (χ0) is 11.2. The maximum atomic E-state index is 11.6. The molecule has 0 spiro atoms. The summed E-state index contributed by atoms with van der Waals surface area (Å²) < 4.78 is 5.27. The van der Waals surface area contributed by atoms with Crippen LogP contribution in [0.5, 0.6) is 0 Å². The quantitative estimate of drug-likeness (QED) is 0.699. The fraction of sp³-hybridized carbons (Fsp3) is 0.909. The Kier molecular flexibility index (Phi) is 5.58. The van der Waals surface area contributed by atoms with Gasteiger partial charge < -0.3 is 9.64 Å². The van der Waals surface area contributed by atoms with Gasteiger partial charge in [0.15, 0.2) is 0 Å². The summed E-state index contributed by atoms with van der Waals surface area (Å²) in [6, 6.07) is 0. The molecule has 0 aromatic heterocycles. The van der Waals surface area contributed by atoms with E-state index in [1.54, 1.807) is 4.90 Å². The molecule has 0 heterocycles. The Hall–Kier alpha value is -0.730. The van der Waals surface area contributed by atoms with Crippen LogP contribution in [0.1, 0.15) is 47.5 Å². The maximum Gasteiger partial charge on any atom is 0.410 e. The minimum absolute atomic E-state index is 0.201. The van der Waals surface area contributed by atoms with E-state index in [9.17, 15) is 4.79 Å². The molecule has 0 aliphatic heterocycles. The average Bonchev–Trinajstić information content (AvgIpc) is 2.02. The lowest BCUT2D eigenvalue weighted by molar-refractivity contribution is 0.0258. The molecule has 0 saturated carbocycles. The molecule has 84 valence electrons. The standard InChI is InChI=1S/C11H23NO2/c1-6-8-9-12(7-2)10(13)14-11(3,4)5/h6-9H2,1-5H3. The molecule has 3 nitrogen and oxygen atoms in total.